The smallest absolute Gasteiger partial charge is 0.414 e. The summed E-state index contributed by atoms with van der Waals surface area (Å²) in [4.78, 5) is 32.2. The maximum atomic E-state index is 12.3. The highest BCUT2D eigenvalue weighted by Gasteiger charge is 2.29. The SMILES string of the molecule is CC(C)(C)OC(=O)N1CCC(n2c(N)nc3cc(N4CCCOC4=O)ccc32)CC1. The number of rotatable bonds is 2. The van der Waals surface area contributed by atoms with Gasteiger partial charge in [0.05, 0.1) is 17.6 Å². The summed E-state index contributed by atoms with van der Waals surface area (Å²) < 4.78 is 12.7. The van der Waals surface area contributed by atoms with Crippen molar-refractivity contribution >= 4 is 34.9 Å². The molecule has 2 fully saturated rings. The van der Waals surface area contributed by atoms with Gasteiger partial charge in [-0.1, -0.05) is 0 Å². The Morgan fingerprint density at radius 1 is 1.23 bits per heavy atom. The van der Waals surface area contributed by atoms with E-state index < -0.39 is 5.60 Å². The van der Waals surface area contributed by atoms with Crippen molar-refractivity contribution < 1.29 is 19.1 Å². The number of nitrogens with zero attached hydrogens (tertiary/aromatic N) is 4. The summed E-state index contributed by atoms with van der Waals surface area (Å²) in [6, 6.07) is 5.89. The lowest BCUT2D eigenvalue weighted by atomic mass is 10.0. The van der Waals surface area contributed by atoms with Crippen LogP contribution in [-0.2, 0) is 9.47 Å². The maximum Gasteiger partial charge on any atom is 0.414 e. The number of imidazole rings is 1. The minimum Gasteiger partial charge on any atom is -0.449 e. The number of aromatic nitrogens is 2. The van der Waals surface area contributed by atoms with E-state index in [1.807, 2.05) is 43.5 Å². The second-order valence-electron chi connectivity index (χ2n) is 8.83. The van der Waals surface area contributed by atoms with Crippen LogP contribution in [0.4, 0.5) is 21.2 Å². The zero-order chi connectivity index (χ0) is 21.5. The van der Waals surface area contributed by atoms with Crippen molar-refractivity contribution in [1.82, 2.24) is 14.5 Å². The van der Waals surface area contributed by atoms with Crippen molar-refractivity contribution in [3.63, 3.8) is 0 Å². The van der Waals surface area contributed by atoms with Crippen molar-refractivity contribution in [3.8, 4) is 0 Å². The standard InChI is InChI=1S/C21H29N5O4/c1-21(2,3)30-19(27)24-10-7-14(8-11-24)26-17-6-5-15(13-16(17)23-18(26)22)25-9-4-12-29-20(25)28/h5-6,13-14H,4,7-12H2,1-3H3,(H2,22,23). The van der Waals surface area contributed by atoms with E-state index in [9.17, 15) is 9.59 Å². The lowest BCUT2D eigenvalue weighted by Crippen LogP contribution is -2.42. The molecule has 0 aliphatic carbocycles. The van der Waals surface area contributed by atoms with Crippen LogP contribution in [0, 0.1) is 0 Å². The molecule has 1 aromatic heterocycles. The number of benzene rings is 1. The van der Waals surface area contributed by atoms with E-state index in [0.717, 1.165) is 36.0 Å². The normalized spacial score (nSPS) is 18.6. The van der Waals surface area contributed by atoms with Crippen LogP contribution < -0.4 is 10.6 Å². The van der Waals surface area contributed by atoms with Gasteiger partial charge in [-0.3, -0.25) is 4.90 Å². The van der Waals surface area contributed by atoms with Gasteiger partial charge < -0.3 is 24.7 Å². The lowest BCUT2D eigenvalue weighted by Gasteiger charge is -2.34. The van der Waals surface area contributed by atoms with Gasteiger partial charge in [0.25, 0.3) is 0 Å². The molecule has 0 radical (unpaired) electrons. The van der Waals surface area contributed by atoms with Crippen molar-refractivity contribution in [2.24, 2.45) is 0 Å². The molecule has 2 aliphatic rings. The molecule has 162 valence electrons. The second-order valence-corrected chi connectivity index (χ2v) is 8.83. The number of ether oxygens (including phenoxy) is 2. The molecule has 3 heterocycles. The number of anilines is 2. The van der Waals surface area contributed by atoms with Crippen LogP contribution >= 0.6 is 0 Å². The van der Waals surface area contributed by atoms with Crippen LogP contribution in [-0.4, -0.2) is 58.5 Å². The molecule has 2 aliphatic heterocycles. The molecule has 4 rings (SSSR count). The first-order chi connectivity index (χ1) is 14.2. The molecule has 9 heteroatoms. The first kappa shape index (κ1) is 20.3. The Balaban J connectivity index is 1.50. The summed E-state index contributed by atoms with van der Waals surface area (Å²) >= 11 is 0. The number of fused-ring (bicyclic) bond motifs is 1. The van der Waals surface area contributed by atoms with Gasteiger partial charge in [-0.05, 0) is 58.2 Å². The van der Waals surface area contributed by atoms with Gasteiger partial charge in [0.2, 0.25) is 5.95 Å². The van der Waals surface area contributed by atoms with Gasteiger partial charge in [-0.15, -0.1) is 0 Å². The molecule has 0 unspecified atom stereocenters. The van der Waals surface area contributed by atoms with Crippen LogP contribution in [0.1, 0.15) is 46.1 Å². The van der Waals surface area contributed by atoms with Gasteiger partial charge in [-0.2, -0.15) is 0 Å². The average Bonchev–Trinajstić information content (AvgIpc) is 3.02. The fraction of sp³-hybridized carbons (Fsp3) is 0.571. The van der Waals surface area contributed by atoms with Crippen molar-refractivity contribution in [3.05, 3.63) is 18.2 Å². The molecular formula is C21H29N5O4. The molecule has 0 bridgehead atoms. The van der Waals surface area contributed by atoms with E-state index in [4.69, 9.17) is 15.2 Å². The Morgan fingerprint density at radius 2 is 1.97 bits per heavy atom. The van der Waals surface area contributed by atoms with Crippen molar-refractivity contribution in [2.45, 2.75) is 51.7 Å². The largest absolute Gasteiger partial charge is 0.449 e. The van der Waals surface area contributed by atoms with Crippen LogP contribution in [0.25, 0.3) is 11.0 Å². The predicted molar refractivity (Wildman–Crippen MR) is 114 cm³/mol. The van der Waals surface area contributed by atoms with Gasteiger partial charge in [0, 0.05) is 31.4 Å². The second kappa shape index (κ2) is 7.70. The third-order valence-electron chi connectivity index (χ3n) is 5.47. The zero-order valence-corrected chi connectivity index (χ0v) is 17.8. The number of likely N-dealkylation sites (tertiary alicyclic amines) is 1. The molecule has 2 saturated heterocycles. The number of carbonyl (C=O) groups excluding carboxylic acids is 2. The van der Waals surface area contributed by atoms with E-state index >= 15 is 0 Å². The highest BCUT2D eigenvalue weighted by atomic mass is 16.6. The average molecular weight is 415 g/mol. The summed E-state index contributed by atoms with van der Waals surface area (Å²) in [5, 5.41) is 0. The summed E-state index contributed by atoms with van der Waals surface area (Å²) in [6.45, 7) is 7.91. The number of hydrogen-bond acceptors (Lipinski definition) is 6. The Kier molecular flexibility index (Phi) is 5.21. The molecule has 1 aromatic carbocycles. The van der Waals surface area contributed by atoms with Crippen molar-refractivity contribution in [2.75, 3.05) is 36.9 Å². The van der Waals surface area contributed by atoms with E-state index in [2.05, 4.69) is 4.98 Å². The molecule has 2 N–H and O–H groups in total. The fourth-order valence-corrected chi connectivity index (χ4v) is 4.08. The first-order valence-corrected chi connectivity index (χ1v) is 10.4. The molecule has 9 nitrogen and oxygen atoms in total. The third kappa shape index (κ3) is 4.01. The Bertz CT molecular complexity index is 956. The number of nitrogen functional groups attached to an aromatic ring is 1. The molecule has 0 atom stereocenters. The Labute approximate surface area is 175 Å². The summed E-state index contributed by atoms with van der Waals surface area (Å²) in [5.74, 6) is 0.444. The first-order valence-electron chi connectivity index (χ1n) is 10.4. The number of piperidine rings is 1. The monoisotopic (exact) mass is 415 g/mol. The summed E-state index contributed by atoms with van der Waals surface area (Å²) in [7, 11) is 0. The highest BCUT2D eigenvalue weighted by molar-refractivity contribution is 5.92. The van der Waals surface area contributed by atoms with Gasteiger partial charge >= 0.3 is 12.2 Å². The van der Waals surface area contributed by atoms with E-state index in [0.29, 0.717) is 32.2 Å². The molecule has 30 heavy (non-hydrogen) atoms. The lowest BCUT2D eigenvalue weighted by molar-refractivity contribution is 0.0190. The maximum absolute atomic E-state index is 12.3. The number of hydrogen-bond donors (Lipinski definition) is 1. The summed E-state index contributed by atoms with van der Waals surface area (Å²) in [6.07, 6.45) is 1.74. The third-order valence-corrected chi connectivity index (χ3v) is 5.47. The molecule has 2 aromatic rings. The Morgan fingerprint density at radius 3 is 2.63 bits per heavy atom. The van der Waals surface area contributed by atoms with Gasteiger partial charge in [0.15, 0.2) is 0 Å². The van der Waals surface area contributed by atoms with E-state index in [1.54, 1.807) is 9.80 Å². The van der Waals surface area contributed by atoms with Gasteiger partial charge in [-0.25, -0.2) is 14.6 Å². The number of cyclic esters (lactones) is 1. The van der Waals surface area contributed by atoms with Crippen LogP contribution in [0.15, 0.2) is 18.2 Å². The topological polar surface area (TPSA) is 103 Å². The Hall–Kier alpha value is -2.97. The number of nitrogens with two attached hydrogens (primary N) is 1. The van der Waals surface area contributed by atoms with Crippen molar-refractivity contribution in [1.29, 1.82) is 0 Å². The minimum atomic E-state index is -0.503. The number of carbonyl (C=O) groups is 2. The molecule has 0 spiro atoms. The van der Waals surface area contributed by atoms with Crippen LogP contribution in [0.5, 0.6) is 0 Å². The van der Waals surface area contributed by atoms with Crippen LogP contribution in [0.2, 0.25) is 0 Å². The number of amides is 2. The van der Waals surface area contributed by atoms with Gasteiger partial charge in [0.1, 0.15) is 5.60 Å². The minimum absolute atomic E-state index is 0.152. The predicted octanol–water partition coefficient (Wildman–Crippen LogP) is 3.54. The van der Waals surface area contributed by atoms with E-state index in [1.165, 1.54) is 0 Å². The van der Waals surface area contributed by atoms with Crippen LogP contribution in [0.3, 0.4) is 0 Å². The molecule has 0 saturated carbocycles. The van der Waals surface area contributed by atoms with E-state index in [-0.39, 0.29) is 18.2 Å². The quantitative estimate of drug-likeness (QED) is 0.805. The molecule has 2 amide bonds. The zero-order valence-electron chi connectivity index (χ0n) is 17.8. The highest BCUT2D eigenvalue weighted by Crippen LogP contribution is 2.32. The summed E-state index contributed by atoms with van der Waals surface area (Å²) in [5.41, 5.74) is 8.19. The molecular weight excluding hydrogens is 386 g/mol. The fourth-order valence-electron chi connectivity index (χ4n) is 4.08.